The first-order chi connectivity index (χ1) is 7.68. The quantitative estimate of drug-likeness (QED) is 0.629. The van der Waals surface area contributed by atoms with Crippen molar-refractivity contribution >= 4 is 23.3 Å². The number of aliphatic carboxylic acids is 1. The van der Waals surface area contributed by atoms with E-state index in [4.69, 9.17) is 15.6 Å². The van der Waals surface area contributed by atoms with Crippen LogP contribution in [0.4, 0.5) is 0 Å². The maximum atomic E-state index is 11.9. The summed E-state index contributed by atoms with van der Waals surface area (Å²) in [4.78, 5) is 23.4. The van der Waals surface area contributed by atoms with Gasteiger partial charge in [0.25, 0.3) is 0 Å². The van der Waals surface area contributed by atoms with Gasteiger partial charge in [-0.25, -0.2) is 9.59 Å². The van der Waals surface area contributed by atoms with Gasteiger partial charge in [-0.2, -0.15) is 0 Å². The van der Waals surface area contributed by atoms with Crippen molar-refractivity contribution in [3.8, 4) is 0 Å². The van der Waals surface area contributed by atoms with Crippen molar-refractivity contribution in [3.05, 3.63) is 22.4 Å². The molecule has 0 aliphatic carbocycles. The molecule has 17 heavy (non-hydrogen) atoms. The van der Waals surface area contributed by atoms with Crippen LogP contribution in [0.15, 0.2) is 17.5 Å². The Kier molecular flexibility index (Phi) is 3.59. The second-order valence-electron chi connectivity index (χ2n) is 4.59. The zero-order valence-electron chi connectivity index (χ0n) is 9.89. The normalized spacial score (nSPS) is 15.1. The van der Waals surface area contributed by atoms with E-state index in [2.05, 4.69) is 0 Å². The molecule has 1 unspecified atom stereocenters. The number of carbonyl (C=O) groups is 2. The van der Waals surface area contributed by atoms with Gasteiger partial charge in [0.2, 0.25) is 5.54 Å². The van der Waals surface area contributed by atoms with E-state index in [1.807, 2.05) is 0 Å². The Bertz CT molecular complexity index is 421. The Morgan fingerprint density at radius 2 is 2.00 bits per heavy atom. The Morgan fingerprint density at radius 1 is 1.41 bits per heavy atom. The molecule has 1 rings (SSSR count). The monoisotopic (exact) mass is 257 g/mol. The van der Waals surface area contributed by atoms with Crippen LogP contribution in [0.25, 0.3) is 0 Å². The highest BCUT2D eigenvalue weighted by atomic mass is 32.1. The van der Waals surface area contributed by atoms with Crippen LogP contribution in [0, 0.1) is 0 Å². The molecule has 1 atom stereocenters. The first-order valence-electron chi connectivity index (χ1n) is 4.97. The van der Waals surface area contributed by atoms with Crippen LogP contribution < -0.4 is 5.73 Å². The van der Waals surface area contributed by atoms with E-state index in [0.717, 1.165) is 11.3 Å². The molecule has 6 heteroatoms. The van der Waals surface area contributed by atoms with Gasteiger partial charge in [0.1, 0.15) is 5.60 Å². The first kappa shape index (κ1) is 13.7. The second kappa shape index (κ2) is 4.46. The fraction of sp³-hybridized carbons (Fsp3) is 0.455. The van der Waals surface area contributed by atoms with E-state index in [1.165, 1.54) is 6.07 Å². The molecule has 3 N–H and O–H groups in total. The van der Waals surface area contributed by atoms with Crippen molar-refractivity contribution in [2.24, 2.45) is 5.73 Å². The summed E-state index contributed by atoms with van der Waals surface area (Å²) in [6.45, 7) is 4.96. The third-order valence-corrected chi connectivity index (χ3v) is 2.97. The van der Waals surface area contributed by atoms with Crippen molar-refractivity contribution in [3.63, 3.8) is 0 Å². The summed E-state index contributed by atoms with van der Waals surface area (Å²) >= 11 is 1.11. The molecule has 0 aliphatic rings. The lowest BCUT2D eigenvalue weighted by Crippen LogP contribution is -2.53. The number of carboxylic acid groups (broad SMARTS) is 1. The zero-order valence-corrected chi connectivity index (χ0v) is 10.7. The number of hydrogen-bond donors (Lipinski definition) is 2. The minimum atomic E-state index is -2.14. The Labute approximate surface area is 103 Å². The summed E-state index contributed by atoms with van der Waals surface area (Å²) in [6, 6.07) is 3.14. The predicted octanol–water partition coefficient (Wildman–Crippen LogP) is 1.33. The number of ether oxygens (including phenoxy) is 1. The number of nitrogens with two attached hydrogens (primary N) is 1. The third kappa shape index (κ3) is 2.83. The molecule has 0 aromatic carbocycles. The van der Waals surface area contributed by atoms with Gasteiger partial charge in [-0.05, 0) is 32.2 Å². The average Bonchev–Trinajstić information content (AvgIpc) is 2.65. The third-order valence-electron chi connectivity index (χ3n) is 1.97. The Balaban J connectivity index is 3.10. The van der Waals surface area contributed by atoms with Gasteiger partial charge in [0.15, 0.2) is 0 Å². The van der Waals surface area contributed by atoms with Gasteiger partial charge in [0.05, 0.1) is 0 Å². The van der Waals surface area contributed by atoms with Crippen LogP contribution in [-0.2, 0) is 19.9 Å². The van der Waals surface area contributed by atoms with E-state index in [0.29, 0.717) is 0 Å². The van der Waals surface area contributed by atoms with Gasteiger partial charge < -0.3 is 15.6 Å². The number of rotatable bonds is 3. The molecule has 0 radical (unpaired) electrons. The predicted molar refractivity (Wildman–Crippen MR) is 63.7 cm³/mol. The molecule has 94 valence electrons. The van der Waals surface area contributed by atoms with Crippen LogP contribution in [0.5, 0.6) is 0 Å². The molecule has 0 saturated carbocycles. The summed E-state index contributed by atoms with van der Waals surface area (Å²) < 4.78 is 5.05. The molecule has 0 spiro atoms. The molecule has 1 heterocycles. The summed E-state index contributed by atoms with van der Waals surface area (Å²) in [5.74, 6) is -2.38. The summed E-state index contributed by atoms with van der Waals surface area (Å²) in [5, 5.41) is 10.8. The van der Waals surface area contributed by atoms with E-state index in [-0.39, 0.29) is 4.88 Å². The van der Waals surface area contributed by atoms with Crippen LogP contribution in [0.2, 0.25) is 0 Å². The SMILES string of the molecule is CC(C)(C)OC(=O)C(N)(C(=O)O)c1cccs1. The molecule has 0 amide bonds. The lowest BCUT2D eigenvalue weighted by molar-refractivity contribution is -0.169. The molecular weight excluding hydrogens is 242 g/mol. The van der Waals surface area contributed by atoms with Gasteiger partial charge in [-0.15, -0.1) is 11.3 Å². The number of thiophene rings is 1. The van der Waals surface area contributed by atoms with E-state index in [9.17, 15) is 9.59 Å². The van der Waals surface area contributed by atoms with Gasteiger partial charge in [0, 0.05) is 4.88 Å². The van der Waals surface area contributed by atoms with E-state index >= 15 is 0 Å². The topological polar surface area (TPSA) is 89.6 Å². The van der Waals surface area contributed by atoms with Crippen LogP contribution in [-0.4, -0.2) is 22.6 Å². The summed E-state index contributed by atoms with van der Waals surface area (Å²) in [5.41, 5.74) is 2.77. The lowest BCUT2D eigenvalue weighted by Gasteiger charge is -2.27. The first-order valence-corrected chi connectivity index (χ1v) is 5.85. The highest BCUT2D eigenvalue weighted by Gasteiger charge is 2.48. The zero-order chi connectivity index (χ0) is 13.3. The average molecular weight is 257 g/mol. The molecule has 5 nitrogen and oxygen atoms in total. The smallest absolute Gasteiger partial charge is 0.344 e. The van der Waals surface area contributed by atoms with Crippen LogP contribution in [0.1, 0.15) is 25.6 Å². The molecule has 0 aliphatic heterocycles. The van der Waals surface area contributed by atoms with Crippen LogP contribution in [0.3, 0.4) is 0 Å². The molecule has 1 aromatic heterocycles. The van der Waals surface area contributed by atoms with Crippen LogP contribution >= 0.6 is 11.3 Å². The van der Waals surface area contributed by atoms with E-state index in [1.54, 1.807) is 32.2 Å². The lowest BCUT2D eigenvalue weighted by atomic mass is 9.99. The molecule has 0 fully saturated rings. The fourth-order valence-electron chi connectivity index (χ4n) is 1.15. The highest BCUT2D eigenvalue weighted by Crippen LogP contribution is 2.27. The fourth-order valence-corrected chi connectivity index (χ4v) is 1.97. The van der Waals surface area contributed by atoms with Crippen molar-refractivity contribution in [2.75, 3.05) is 0 Å². The minimum Gasteiger partial charge on any atom is -0.479 e. The number of carbonyl (C=O) groups excluding carboxylic acids is 1. The van der Waals surface area contributed by atoms with E-state index < -0.39 is 23.1 Å². The Hall–Kier alpha value is -1.40. The maximum Gasteiger partial charge on any atom is 0.344 e. The standard InChI is InChI=1S/C11H15NO4S/c1-10(2,3)16-9(15)11(12,8(13)14)7-5-4-6-17-7/h4-6H,12H2,1-3H3,(H,13,14). The number of esters is 1. The van der Waals surface area contributed by atoms with Gasteiger partial charge in [-0.1, -0.05) is 6.07 Å². The highest BCUT2D eigenvalue weighted by molar-refractivity contribution is 7.10. The minimum absolute atomic E-state index is 0.249. The van der Waals surface area contributed by atoms with Crippen molar-refractivity contribution in [1.29, 1.82) is 0 Å². The van der Waals surface area contributed by atoms with Crippen molar-refractivity contribution in [1.82, 2.24) is 0 Å². The number of carboxylic acids is 1. The second-order valence-corrected chi connectivity index (χ2v) is 5.54. The number of hydrogen-bond acceptors (Lipinski definition) is 5. The summed E-state index contributed by atoms with van der Waals surface area (Å²) in [6.07, 6.45) is 0. The van der Waals surface area contributed by atoms with Crippen molar-refractivity contribution < 1.29 is 19.4 Å². The molecule has 0 bridgehead atoms. The summed E-state index contributed by atoms with van der Waals surface area (Å²) in [7, 11) is 0. The largest absolute Gasteiger partial charge is 0.479 e. The maximum absolute atomic E-state index is 11.9. The molecule has 0 saturated heterocycles. The molecule has 1 aromatic rings. The van der Waals surface area contributed by atoms with Gasteiger partial charge >= 0.3 is 11.9 Å². The Morgan fingerprint density at radius 3 is 2.35 bits per heavy atom. The van der Waals surface area contributed by atoms with Crippen molar-refractivity contribution in [2.45, 2.75) is 31.9 Å². The molecular formula is C11H15NO4S. The van der Waals surface area contributed by atoms with Gasteiger partial charge in [-0.3, -0.25) is 0 Å².